The lowest BCUT2D eigenvalue weighted by Crippen LogP contribution is -2.51. The van der Waals surface area contributed by atoms with Gasteiger partial charge in [-0.25, -0.2) is 4.79 Å². The van der Waals surface area contributed by atoms with Crippen LogP contribution < -0.4 is 0 Å². The average Bonchev–Trinajstić information content (AvgIpc) is 1.79. The van der Waals surface area contributed by atoms with E-state index in [1.54, 1.807) is 28.1 Å². The van der Waals surface area contributed by atoms with Gasteiger partial charge in [0.15, 0.2) is 6.04 Å². The number of carboxylic acids is 1. The number of quaternary nitrogens is 1. The molecule has 0 aromatic carbocycles. The largest absolute Gasteiger partial charge is 0.477 e. The zero-order valence-corrected chi connectivity index (χ0v) is 8.11. The Morgan fingerprint density at radius 2 is 1.83 bits per heavy atom. The Kier molecular flexibility index (Phi) is 3.67. The van der Waals surface area contributed by atoms with Crippen molar-refractivity contribution in [3.63, 3.8) is 0 Å². The van der Waals surface area contributed by atoms with E-state index in [2.05, 4.69) is 0 Å². The Morgan fingerprint density at radius 1 is 1.42 bits per heavy atom. The van der Waals surface area contributed by atoms with E-state index < -0.39 is 18.1 Å². The molecule has 0 aliphatic heterocycles. The van der Waals surface area contributed by atoms with Crippen molar-refractivity contribution in [1.82, 2.24) is 0 Å². The smallest absolute Gasteiger partial charge is 0.362 e. The summed E-state index contributed by atoms with van der Waals surface area (Å²) in [6.07, 6.45) is -0.276. The number of likely N-dealkylation sites (N-methyl/N-ethyl adjacent to an activating group) is 1. The molecule has 0 amide bonds. The van der Waals surface area contributed by atoms with Crippen LogP contribution in [0.25, 0.3) is 0 Å². The highest BCUT2D eigenvalue weighted by Gasteiger charge is 2.32. The molecule has 2 atom stereocenters. The van der Waals surface area contributed by atoms with Gasteiger partial charge in [0.25, 0.3) is 0 Å². The van der Waals surface area contributed by atoms with Gasteiger partial charge in [0, 0.05) is 6.42 Å². The van der Waals surface area contributed by atoms with Crippen LogP contribution in [-0.4, -0.2) is 54.0 Å². The number of aliphatic carboxylic acids is 1. The molecule has 0 spiro atoms. The van der Waals surface area contributed by atoms with Crippen molar-refractivity contribution in [2.24, 2.45) is 0 Å². The molecule has 0 aromatic heterocycles. The van der Waals surface area contributed by atoms with Gasteiger partial charge in [-0.2, -0.15) is 0 Å². The second-order valence-electron chi connectivity index (χ2n) is 4.05. The molecule has 0 aromatic rings. The maximum atomic E-state index is 10.8. The fourth-order valence-corrected chi connectivity index (χ4v) is 1.07. The topological polar surface area (TPSA) is 57.5 Å². The lowest BCUT2D eigenvalue weighted by atomic mass is 10.1. The van der Waals surface area contributed by atoms with Crippen molar-refractivity contribution < 1.29 is 19.5 Å². The standard InChI is InChI=1S/C8H17NO3/c1-6(10)5-7(8(11)12)9(2,3)4/h6-7,10H,5H2,1-4H3/p+1. The van der Waals surface area contributed by atoms with Crippen LogP contribution in [0.15, 0.2) is 0 Å². The molecule has 0 radical (unpaired) electrons. The lowest BCUT2D eigenvalue weighted by Gasteiger charge is -2.31. The van der Waals surface area contributed by atoms with Gasteiger partial charge in [0.1, 0.15) is 0 Å². The molecule has 0 bridgehead atoms. The quantitative estimate of drug-likeness (QED) is 0.589. The fourth-order valence-electron chi connectivity index (χ4n) is 1.07. The predicted octanol–water partition coefficient (Wildman–Crippen LogP) is -0.0833. The summed E-state index contributed by atoms with van der Waals surface area (Å²) >= 11 is 0. The third-order valence-corrected chi connectivity index (χ3v) is 1.78. The SMILES string of the molecule is CC(O)CC(C(=O)O)[N+](C)(C)C. The van der Waals surface area contributed by atoms with Crippen LogP contribution in [0.1, 0.15) is 13.3 Å². The normalized spacial score (nSPS) is 17.1. The molecule has 2 N–H and O–H groups in total. The first-order valence-corrected chi connectivity index (χ1v) is 3.97. The van der Waals surface area contributed by atoms with Crippen LogP contribution in [0, 0.1) is 0 Å². The van der Waals surface area contributed by atoms with E-state index in [0.29, 0.717) is 10.9 Å². The summed E-state index contributed by atoms with van der Waals surface area (Å²) in [7, 11) is 5.42. The van der Waals surface area contributed by atoms with Crippen LogP contribution in [0.2, 0.25) is 0 Å². The molecule has 0 rings (SSSR count). The zero-order valence-electron chi connectivity index (χ0n) is 8.11. The first-order chi connectivity index (χ1) is 5.25. The molecule has 0 heterocycles. The minimum Gasteiger partial charge on any atom is -0.477 e. The van der Waals surface area contributed by atoms with E-state index in [4.69, 9.17) is 10.2 Å². The highest BCUT2D eigenvalue weighted by molar-refractivity contribution is 5.72. The van der Waals surface area contributed by atoms with Gasteiger partial charge in [-0.05, 0) is 6.92 Å². The van der Waals surface area contributed by atoms with Gasteiger partial charge in [-0.1, -0.05) is 0 Å². The second-order valence-corrected chi connectivity index (χ2v) is 4.05. The van der Waals surface area contributed by atoms with Crippen LogP contribution in [-0.2, 0) is 4.79 Å². The Balaban J connectivity index is 4.35. The Labute approximate surface area is 73.0 Å². The van der Waals surface area contributed by atoms with Crippen molar-refractivity contribution in [1.29, 1.82) is 0 Å². The number of nitrogens with zero attached hydrogens (tertiary/aromatic N) is 1. The van der Waals surface area contributed by atoms with Gasteiger partial charge in [0.2, 0.25) is 0 Å². The van der Waals surface area contributed by atoms with E-state index in [9.17, 15) is 4.79 Å². The second kappa shape index (κ2) is 3.87. The molecule has 0 saturated carbocycles. The van der Waals surface area contributed by atoms with Gasteiger partial charge in [-0.3, -0.25) is 0 Å². The first kappa shape index (κ1) is 11.4. The number of hydrogen-bond donors (Lipinski definition) is 2. The van der Waals surface area contributed by atoms with Crippen molar-refractivity contribution >= 4 is 5.97 Å². The molecule has 12 heavy (non-hydrogen) atoms. The summed E-state index contributed by atoms with van der Waals surface area (Å²) in [4.78, 5) is 10.8. The Morgan fingerprint density at radius 3 is 1.92 bits per heavy atom. The summed E-state index contributed by atoms with van der Waals surface area (Å²) in [5, 5.41) is 17.9. The third-order valence-electron chi connectivity index (χ3n) is 1.78. The third kappa shape index (κ3) is 3.69. The summed E-state index contributed by atoms with van der Waals surface area (Å²) < 4.78 is 0.334. The van der Waals surface area contributed by atoms with Gasteiger partial charge < -0.3 is 14.7 Å². The van der Waals surface area contributed by atoms with Crippen LogP contribution >= 0.6 is 0 Å². The van der Waals surface area contributed by atoms with Crippen molar-refractivity contribution in [3.8, 4) is 0 Å². The molecular formula is C8H18NO3+. The molecule has 4 nitrogen and oxygen atoms in total. The van der Waals surface area contributed by atoms with E-state index in [1.807, 2.05) is 0 Å². The fraction of sp³-hybridized carbons (Fsp3) is 0.875. The molecule has 72 valence electrons. The van der Waals surface area contributed by atoms with Gasteiger partial charge in [0.05, 0.1) is 27.2 Å². The lowest BCUT2D eigenvalue weighted by molar-refractivity contribution is -0.888. The van der Waals surface area contributed by atoms with Crippen molar-refractivity contribution in [2.75, 3.05) is 21.1 Å². The molecule has 0 aliphatic carbocycles. The van der Waals surface area contributed by atoms with Crippen LogP contribution in [0.5, 0.6) is 0 Å². The minimum atomic E-state index is -0.858. The molecule has 2 unspecified atom stereocenters. The van der Waals surface area contributed by atoms with E-state index in [1.165, 1.54) is 0 Å². The number of rotatable bonds is 4. The van der Waals surface area contributed by atoms with Gasteiger partial charge >= 0.3 is 5.97 Å². The summed E-state index contributed by atoms with van der Waals surface area (Å²) in [5.74, 6) is -0.858. The van der Waals surface area contributed by atoms with Gasteiger partial charge in [-0.15, -0.1) is 0 Å². The average molecular weight is 176 g/mol. The first-order valence-electron chi connectivity index (χ1n) is 3.97. The zero-order chi connectivity index (χ0) is 9.94. The number of carboxylic acid groups (broad SMARTS) is 1. The maximum absolute atomic E-state index is 10.8. The molecular weight excluding hydrogens is 158 g/mol. The Hall–Kier alpha value is -0.610. The van der Waals surface area contributed by atoms with Crippen LogP contribution in [0.3, 0.4) is 0 Å². The Bertz CT molecular complexity index is 160. The van der Waals surface area contributed by atoms with Crippen LogP contribution in [0.4, 0.5) is 0 Å². The molecule has 4 heteroatoms. The summed E-state index contributed by atoms with van der Waals surface area (Å²) in [5.41, 5.74) is 0. The maximum Gasteiger partial charge on any atom is 0.362 e. The molecule has 0 saturated heterocycles. The predicted molar refractivity (Wildman–Crippen MR) is 45.8 cm³/mol. The highest BCUT2D eigenvalue weighted by Crippen LogP contribution is 2.10. The van der Waals surface area contributed by atoms with Crippen molar-refractivity contribution in [2.45, 2.75) is 25.5 Å². The highest BCUT2D eigenvalue weighted by atomic mass is 16.4. The number of aliphatic hydroxyl groups excluding tert-OH is 1. The van der Waals surface area contributed by atoms with E-state index in [0.717, 1.165) is 0 Å². The number of hydrogen-bond acceptors (Lipinski definition) is 2. The monoisotopic (exact) mass is 176 g/mol. The molecule has 0 aliphatic rings. The number of aliphatic hydroxyl groups is 1. The minimum absolute atomic E-state index is 0.291. The summed E-state index contributed by atoms with van der Waals surface area (Å²) in [6, 6.07) is -0.537. The van der Waals surface area contributed by atoms with Crippen molar-refractivity contribution in [3.05, 3.63) is 0 Å². The number of carbonyl (C=O) groups is 1. The van der Waals surface area contributed by atoms with E-state index >= 15 is 0 Å². The summed E-state index contributed by atoms with van der Waals surface area (Å²) in [6.45, 7) is 1.60. The van der Waals surface area contributed by atoms with E-state index in [-0.39, 0.29) is 0 Å². The molecule has 0 fully saturated rings.